The molecule has 0 aliphatic rings. The molecule has 0 fully saturated rings. The first-order valence-electron chi connectivity index (χ1n) is 5.05. The van der Waals surface area contributed by atoms with Gasteiger partial charge in [0, 0.05) is 17.7 Å². The number of rotatable bonds is 5. The van der Waals surface area contributed by atoms with E-state index in [9.17, 15) is 10.2 Å². The van der Waals surface area contributed by atoms with Gasteiger partial charge in [0.15, 0.2) is 0 Å². The molecular formula is C10H13ClN4O2. The van der Waals surface area contributed by atoms with Crippen LogP contribution in [-0.2, 0) is 0 Å². The molecule has 0 aliphatic carbocycles. The standard InChI is InChI=1S/C10H13ClN4O2/c1-6-4-7(11)5-13-9(6)10(17)8(16)2-3-14-15-12/h4-5,8,10,16-17H,2-3H2,1H3. The van der Waals surface area contributed by atoms with Gasteiger partial charge in [-0.1, -0.05) is 16.7 Å². The smallest absolute Gasteiger partial charge is 0.122 e. The third-order valence-corrected chi connectivity index (χ3v) is 2.52. The maximum Gasteiger partial charge on any atom is 0.122 e. The highest BCUT2D eigenvalue weighted by molar-refractivity contribution is 6.30. The molecule has 0 saturated carbocycles. The van der Waals surface area contributed by atoms with Crippen LogP contribution in [0.2, 0.25) is 5.02 Å². The molecule has 2 unspecified atom stereocenters. The lowest BCUT2D eigenvalue weighted by Gasteiger charge is -2.18. The number of nitrogens with zero attached hydrogens (tertiary/aromatic N) is 4. The summed E-state index contributed by atoms with van der Waals surface area (Å²) in [5.74, 6) is 0. The third-order valence-electron chi connectivity index (χ3n) is 2.32. The van der Waals surface area contributed by atoms with Crippen LogP contribution in [0.15, 0.2) is 17.4 Å². The van der Waals surface area contributed by atoms with Crippen molar-refractivity contribution in [1.29, 1.82) is 0 Å². The molecule has 1 aromatic rings. The van der Waals surface area contributed by atoms with Crippen LogP contribution in [0.3, 0.4) is 0 Å². The highest BCUT2D eigenvalue weighted by Crippen LogP contribution is 2.22. The van der Waals surface area contributed by atoms with Crippen LogP contribution in [0.4, 0.5) is 0 Å². The summed E-state index contributed by atoms with van der Waals surface area (Å²) in [7, 11) is 0. The summed E-state index contributed by atoms with van der Waals surface area (Å²) < 4.78 is 0. The molecule has 1 rings (SSSR count). The third kappa shape index (κ3) is 3.87. The molecule has 7 heteroatoms. The molecule has 17 heavy (non-hydrogen) atoms. The van der Waals surface area contributed by atoms with Gasteiger partial charge in [0.1, 0.15) is 6.10 Å². The number of hydrogen-bond acceptors (Lipinski definition) is 4. The van der Waals surface area contributed by atoms with E-state index in [1.165, 1.54) is 6.20 Å². The van der Waals surface area contributed by atoms with E-state index in [2.05, 4.69) is 15.0 Å². The van der Waals surface area contributed by atoms with Crippen LogP contribution in [0.25, 0.3) is 10.4 Å². The summed E-state index contributed by atoms with van der Waals surface area (Å²) in [6, 6.07) is 1.66. The molecule has 0 radical (unpaired) electrons. The Kier molecular flexibility index (Phi) is 5.18. The van der Waals surface area contributed by atoms with Crippen molar-refractivity contribution < 1.29 is 10.2 Å². The predicted molar refractivity (Wildman–Crippen MR) is 63.6 cm³/mol. The molecule has 0 aromatic carbocycles. The number of azide groups is 1. The lowest BCUT2D eigenvalue weighted by Crippen LogP contribution is -2.21. The zero-order chi connectivity index (χ0) is 12.8. The van der Waals surface area contributed by atoms with E-state index in [0.717, 1.165) is 0 Å². The molecule has 92 valence electrons. The van der Waals surface area contributed by atoms with E-state index in [-0.39, 0.29) is 13.0 Å². The van der Waals surface area contributed by atoms with Crippen LogP contribution in [0.1, 0.15) is 23.8 Å². The molecule has 0 bridgehead atoms. The molecule has 0 saturated heterocycles. The highest BCUT2D eigenvalue weighted by atomic mass is 35.5. The van der Waals surface area contributed by atoms with E-state index in [0.29, 0.717) is 16.3 Å². The van der Waals surface area contributed by atoms with E-state index in [4.69, 9.17) is 17.1 Å². The van der Waals surface area contributed by atoms with Crippen LogP contribution in [0, 0.1) is 6.92 Å². The molecular weight excluding hydrogens is 244 g/mol. The lowest BCUT2D eigenvalue weighted by atomic mass is 10.0. The van der Waals surface area contributed by atoms with Crippen molar-refractivity contribution in [2.45, 2.75) is 25.6 Å². The second-order valence-corrected chi connectivity index (χ2v) is 4.05. The van der Waals surface area contributed by atoms with Crippen molar-refractivity contribution in [3.63, 3.8) is 0 Å². The van der Waals surface area contributed by atoms with Gasteiger partial charge < -0.3 is 10.2 Å². The van der Waals surface area contributed by atoms with Gasteiger partial charge in [-0.05, 0) is 30.5 Å². The van der Waals surface area contributed by atoms with Crippen molar-refractivity contribution in [1.82, 2.24) is 4.98 Å². The normalized spacial score (nSPS) is 13.9. The Hall–Kier alpha value is -1.33. The van der Waals surface area contributed by atoms with E-state index < -0.39 is 12.2 Å². The van der Waals surface area contributed by atoms with E-state index >= 15 is 0 Å². The van der Waals surface area contributed by atoms with Crippen LogP contribution < -0.4 is 0 Å². The number of pyridine rings is 1. The molecule has 0 amide bonds. The Morgan fingerprint density at radius 1 is 1.59 bits per heavy atom. The minimum atomic E-state index is -1.11. The summed E-state index contributed by atoms with van der Waals surface area (Å²) >= 11 is 5.74. The Morgan fingerprint density at radius 2 is 2.29 bits per heavy atom. The van der Waals surface area contributed by atoms with Gasteiger partial charge in [-0.2, -0.15) is 0 Å². The van der Waals surface area contributed by atoms with Crippen molar-refractivity contribution in [3.8, 4) is 0 Å². The molecule has 1 heterocycles. The van der Waals surface area contributed by atoms with E-state index in [1.54, 1.807) is 13.0 Å². The van der Waals surface area contributed by atoms with Gasteiger partial charge in [0.05, 0.1) is 16.8 Å². The van der Waals surface area contributed by atoms with Crippen molar-refractivity contribution in [2.24, 2.45) is 5.11 Å². The van der Waals surface area contributed by atoms with Crippen LogP contribution in [0.5, 0.6) is 0 Å². The topological polar surface area (TPSA) is 102 Å². The van der Waals surface area contributed by atoms with Crippen LogP contribution in [-0.4, -0.2) is 27.8 Å². The Balaban J connectivity index is 2.73. The van der Waals surface area contributed by atoms with Crippen LogP contribution >= 0.6 is 11.6 Å². The van der Waals surface area contributed by atoms with Gasteiger partial charge in [0.2, 0.25) is 0 Å². The number of halogens is 1. The largest absolute Gasteiger partial charge is 0.390 e. The van der Waals surface area contributed by atoms with Gasteiger partial charge in [-0.25, -0.2) is 0 Å². The molecule has 0 aliphatic heterocycles. The zero-order valence-corrected chi connectivity index (χ0v) is 10.0. The maximum atomic E-state index is 9.87. The zero-order valence-electron chi connectivity index (χ0n) is 9.28. The number of aryl methyl sites for hydroxylation is 1. The monoisotopic (exact) mass is 256 g/mol. The lowest BCUT2D eigenvalue weighted by molar-refractivity contribution is 0.0121. The summed E-state index contributed by atoms with van der Waals surface area (Å²) in [6.45, 7) is 1.87. The summed E-state index contributed by atoms with van der Waals surface area (Å²) in [5, 5.41) is 23.3. The fraction of sp³-hybridized carbons (Fsp3) is 0.500. The highest BCUT2D eigenvalue weighted by Gasteiger charge is 2.20. The van der Waals surface area contributed by atoms with Gasteiger partial charge >= 0.3 is 0 Å². The average molecular weight is 257 g/mol. The van der Waals surface area contributed by atoms with Crippen molar-refractivity contribution in [2.75, 3.05) is 6.54 Å². The first-order chi connectivity index (χ1) is 8.06. The molecule has 2 N–H and O–H groups in total. The number of hydrogen-bond donors (Lipinski definition) is 2. The van der Waals surface area contributed by atoms with Gasteiger partial charge in [-0.15, -0.1) is 0 Å². The SMILES string of the molecule is Cc1cc(Cl)cnc1C(O)C(O)CCN=[N+]=[N-]. The molecule has 2 atom stereocenters. The maximum absolute atomic E-state index is 9.87. The Labute approximate surface area is 104 Å². The second-order valence-electron chi connectivity index (χ2n) is 3.61. The molecule has 1 aromatic heterocycles. The van der Waals surface area contributed by atoms with Crippen molar-refractivity contribution in [3.05, 3.63) is 39.0 Å². The fourth-order valence-corrected chi connectivity index (χ4v) is 1.65. The van der Waals surface area contributed by atoms with Gasteiger partial charge in [-0.3, -0.25) is 4.98 Å². The minimum Gasteiger partial charge on any atom is -0.390 e. The van der Waals surface area contributed by atoms with Gasteiger partial charge in [0.25, 0.3) is 0 Å². The Bertz CT molecular complexity index is 434. The van der Waals surface area contributed by atoms with Crippen molar-refractivity contribution >= 4 is 11.6 Å². The first-order valence-corrected chi connectivity index (χ1v) is 5.43. The number of aliphatic hydroxyl groups excluding tert-OH is 2. The van der Waals surface area contributed by atoms with E-state index in [1.807, 2.05) is 0 Å². The Morgan fingerprint density at radius 3 is 2.88 bits per heavy atom. The predicted octanol–water partition coefficient (Wildman–Crippen LogP) is 2.14. The second kappa shape index (κ2) is 6.42. The number of aliphatic hydroxyl groups is 2. The summed E-state index contributed by atoms with van der Waals surface area (Å²) in [4.78, 5) is 6.55. The number of aromatic nitrogens is 1. The summed E-state index contributed by atoms with van der Waals surface area (Å²) in [5.41, 5.74) is 9.18. The average Bonchev–Trinajstić information content (AvgIpc) is 2.28. The quantitative estimate of drug-likeness (QED) is 0.479. The summed E-state index contributed by atoms with van der Waals surface area (Å²) in [6.07, 6.45) is -0.545. The minimum absolute atomic E-state index is 0.126. The first kappa shape index (κ1) is 13.7. The molecule has 6 nitrogen and oxygen atoms in total. The fourth-order valence-electron chi connectivity index (χ4n) is 1.44. The molecule has 0 spiro atoms.